The average molecular weight is 273 g/mol. The van der Waals surface area contributed by atoms with E-state index in [4.69, 9.17) is 0 Å². The monoisotopic (exact) mass is 273 g/mol. The Morgan fingerprint density at radius 1 is 1.05 bits per heavy atom. The lowest BCUT2D eigenvalue weighted by Crippen LogP contribution is -1.97. The maximum absolute atomic E-state index is 9.35. The van der Waals surface area contributed by atoms with Gasteiger partial charge in [-0.3, -0.25) is 4.98 Å². The van der Waals surface area contributed by atoms with E-state index in [0.29, 0.717) is 5.56 Å². The van der Waals surface area contributed by atoms with Crippen LogP contribution in [0.25, 0.3) is 10.9 Å². The zero-order valence-electron chi connectivity index (χ0n) is 12.0. The quantitative estimate of drug-likeness (QED) is 0.749. The molecule has 2 aromatic carbocycles. The molecule has 1 heterocycles. The van der Waals surface area contributed by atoms with E-state index in [1.165, 1.54) is 5.56 Å². The summed E-state index contributed by atoms with van der Waals surface area (Å²) in [5, 5.41) is 13.7. The molecular weight excluding hydrogens is 258 g/mol. The molecule has 0 unspecified atom stereocenters. The molecular formula is C18H15N3. The van der Waals surface area contributed by atoms with Crippen molar-refractivity contribution in [3.63, 3.8) is 0 Å². The minimum Gasteiger partial charge on any atom is -0.354 e. The van der Waals surface area contributed by atoms with E-state index in [1.54, 1.807) is 6.20 Å². The van der Waals surface area contributed by atoms with Gasteiger partial charge in [0.15, 0.2) is 0 Å². The lowest BCUT2D eigenvalue weighted by molar-refractivity contribution is 1.35. The molecule has 3 aromatic rings. The maximum atomic E-state index is 9.35. The van der Waals surface area contributed by atoms with Crippen molar-refractivity contribution < 1.29 is 0 Å². The van der Waals surface area contributed by atoms with Crippen LogP contribution in [0.5, 0.6) is 0 Å². The number of pyridine rings is 1. The van der Waals surface area contributed by atoms with Crippen molar-refractivity contribution in [1.82, 2.24) is 4.98 Å². The number of aromatic nitrogens is 1. The fourth-order valence-corrected chi connectivity index (χ4v) is 2.39. The molecule has 0 fully saturated rings. The largest absolute Gasteiger partial charge is 0.354 e. The summed E-state index contributed by atoms with van der Waals surface area (Å²) in [6.45, 7) is 4.08. The Bertz CT molecular complexity index is 860. The average Bonchev–Trinajstić information content (AvgIpc) is 2.48. The van der Waals surface area contributed by atoms with Crippen LogP contribution in [0.15, 0.2) is 48.7 Å². The molecule has 0 aliphatic rings. The third kappa shape index (κ3) is 2.56. The van der Waals surface area contributed by atoms with Crippen LogP contribution in [0.4, 0.5) is 11.4 Å². The van der Waals surface area contributed by atoms with E-state index in [1.807, 2.05) is 44.2 Å². The molecule has 0 saturated heterocycles. The SMILES string of the molecule is Cc1cccc(Nc2c(C#N)cnc3ccc(C)cc23)c1. The van der Waals surface area contributed by atoms with Crippen molar-refractivity contribution in [2.75, 3.05) is 5.32 Å². The van der Waals surface area contributed by atoms with Gasteiger partial charge in [-0.25, -0.2) is 0 Å². The van der Waals surface area contributed by atoms with Crippen LogP contribution in [0.2, 0.25) is 0 Å². The third-order valence-electron chi connectivity index (χ3n) is 3.43. The topological polar surface area (TPSA) is 48.7 Å². The van der Waals surface area contributed by atoms with Gasteiger partial charge in [0.05, 0.1) is 16.8 Å². The Morgan fingerprint density at radius 3 is 2.62 bits per heavy atom. The lowest BCUT2D eigenvalue weighted by Gasteiger charge is -2.12. The molecule has 0 radical (unpaired) electrons. The summed E-state index contributed by atoms with van der Waals surface area (Å²) in [7, 11) is 0. The highest BCUT2D eigenvalue weighted by Gasteiger charge is 2.09. The van der Waals surface area contributed by atoms with Gasteiger partial charge in [0.25, 0.3) is 0 Å². The summed E-state index contributed by atoms with van der Waals surface area (Å²) in [6, 6.07) is 16.4. The van der Waals surface area contributed by atoms with E-state index < -0.39 is 0 Å². The normalized spacial score (nSPS) is 10.3. The molecule has 3 rings (SSSR count). The van der Waals surface area contributed by atoms with Gasteiger partial charge in [0.1, 0.15) is 6.07 Å². The van der Waals surface area contributed by atoms with Gasteiger partial charge in [0, 0.05) is 17.3 Å². The highest BCUT2D eigenvalue weighted by Crippen LogP contribution is 2.29. The molecule has 1 aromatic heterocycles. The highest BCUT2D eigenvalue weighted by molar-refractivity contribution is 5.96. The summed E-state index contributed by atoms with van der Waals surface area (Å²) in [4.78, 5) is 4.35. The van der Waals surface area contributed by atoms with E-state index in [0.717, 1.165) is 27.8 Å². The number of benzene rings is 2. The molecule has 1 N–H and O–H groups in total. The number of nitrogens with zero attached hydrogens (tertiary/aromatic N) is 2. The first-order chi connectivity index (χ1) is 10.2. The Labute approximate surface area is 123 Å². The molecule has 3 nitrogen and oxygen atoms in total. The van der Waals surface area contributed by atoms with Gasteiger partial charge in [0.2, 0.25) is 0 Å². The van der Waals surface area contributed by atoms with Crippen molar-refractivity contribution >= 4 is 22.3 Å². The number of fused-ring (bicyclic) bond motifs is 1. The summed E-state index contributed by atoms with van der Waals surface area (Å²) in [6.07, 6.45) is 1.62. The number of hydrogen-bond acceptors (Lipinski definition) is 3. The predicted octanol–water partition coefficient (Wildman–Crippen LogP) is 4.47. The molecule has 0 aliphatic heterocycles. The molecule has 21 heavy (non-hydrogen) atoms. The number of aryl methyl sites for hydroxylation is 2. The molecule has 0 saturated carbocycles. The minimum atomic E-state index is 0.551. The Balaban J connectivity index is 2.19. The molecule has 102 valence electrons. The number of nitrogens with one attached hydrogen (secondary N) is 1. The van der Waals surface area contributed by atoms with Gasteiger partial charge in [-0.15, -0.1) is 0 Å². The zero-order valence-corrected chi connectivity index (χ0v) is 12.0. The van der Waals surface area contributed by atoms with Gasteiger partial charge < -0.3 is 5.32 Å². The zero-order chi connectivity index (χ0) is 14.8. The highest BCUT2D eigenvalue weighted by atomic mass is 14.9. The molecule has 0 bridgehead atoms. The van der Waals surface area contributed by atoms with Crippen LogP contribution in [0.1, 0.15) is 16.7 Å². The van der Waals surface area contributed by atoms with Crippen molar-refractivity contribution in [2.45, 2.75) is 13.8 Å². The Morgan fingerprint density at radius 2 is 1.86 bits per heavy atom. The van der Waals surface area contributed by atoms with E-state index >= 15 is 0 Å². The predicted molar refractivity (Wildman–Crippen MR) is 85.7 cm³/mol. The second kappa shape index (κ2) is 5.26. The van der Waals surface area contributed by atoms with Gasteiger partial charge in [-0.05, 0) is 43.7 Å². The van der Waals surface area contributed by atoms with Crippen LogP contribution in [0, 0.1) is 25.2 Å². The molecule has 0 amide bonds. The molecule has 0 aliphatic carbocycles. The summed E-state index contributed by atoms with van der Waals surface area (Å²) < 4.78 is 0. The molecule has 0 atom stereocenters. The van der Waals surface area contributed by atoms with E-state index in [2.05, 4.69) is 28.5 Å². The third-order valence-corrected chi connectivity index (χ3v) is 3.43. The van der Waals surface area contributed by atoms with Gasteiger partial charge in [-0.2, -0.15) is 5.26 Å². The summed E-state index contributed by atoms with van der Waals surface area (Å²) >= 11 is 0. The standard InChI is InChI=1S/C18H15N3/c1-12-4-3-5-15(8-12)21-18-14(10-19)11-20-17-7-6-13(2)9-16(17)18/h3-9,11H,1-2H3,(H,20,21). The first kappa shape index (κ1) is 13.1. The van der Waals surface area contributed by atoms with Crippen LogP contribution in [0.3, 0.4) is 0 Å². The van der Waals surface area contributed by atoms with Crippen molar-refractivity contribution in [2.24, 2.45) is 0 Å². The van der Waals surface area contributed by atoms with E-state index in [9.17, 15) is 5.26 Å². The number of hydrogen-bond donors (Lipinski definition) is 1. The summed E-state index contributed by atoms with van der Waals surface area (Å²) in [5.74, 6) is 0. The van der Waals surface area contributed by atoms with Gasteiger partial charge in [-0.1, -0.05) is 23.8 Å². The van der Waals surface area contributed by atoms with Crippen molar-refractivity contribution in [3.05, 3.63) is 65.4 Å². The lowest BCUT2D eigenvalue weighted by atomic mass is 10.1. The second-order valence-corrected chi connectivity index (χ2v) is 5.17. The number of anilines is 2. The first-order valence-electron chi connectivity index (χ1n) is 6.80. The molecule has 0 spiro atoms. The van der Waals surface area contributed by atoms with Crippen LogP contribution < -0.4 is 5.32 Å². The fraction of sp³-hybridized carbons (Fsp3) is 0.111. The van der Waals surface area contributed by atoms with Crippen LogP contribution in [-0.2, 0) is 0 Å². The van der Waals surface area contributed by atoms with Crippen LogP contribution >= 0.6 is 0 Å². The maximum Gasteiger partial charge on any atom is 0.103 e. The second-order valence-electron chi connectivity index (χ2n) is 5.17. The summed E-state index contributed by atoms with van der Waals surface area (Å²) in [5.41, 5.74) is 5.54. The van der Waals surface area contributed by atoms with E-state index in [-0.39, 0.29) is 0 Å². The number of nitriles is 1. The van der Waals surface area contributed by atoms with Gasteiger partial charge >= 0.3 is 0 Å². The smallest absolute Gasteiger partial charge is 0.103 e. The van der Waals surface area contributed by atoms with Crippen molar-refractivity contribution in [3.8, 4) is 6.07 Å². The first-order valence-corrected chi connectivity index (χ1v) is 6.80. The van der Waals surface area contributed by atoms with Crippen LogP contribution in [-0.4, -0.2) is 4.98 Å². The van der Waals surface area contributed by atoms with Crippen molar-refractivity contribution in [1.29, 1.82) is 5.26 Å². The fourth-order valence-electron chi connectivity index (χ4n) is 2.39. The Hall–Kier alpha value is -2.86. The Kier molecular flexibility index (Phi) is 3.29. The molecule has 3 heteroatoms. The minimum absolute atomic E-state index is 0.551. The number of rotatable bonds is 2.